The Balaban J connectivity index is 1.33. The van der Waals surface area contributed by atoms with Crippen LogP contribution in [0.3, 0.4) is 0 Å². The molecule has 0 aliphatic carbocycles. The van der Waals surface area contributed by atoms with Crippen LogP contribution in [0.1, 0.15) is 42.5 Å². The van der Waals surface area contributed by atoms with Crippen molar-refractivity contribution in [2.45, 2.75) is 46.7 Å². The van der Waals surface area contributed by atoms with Gasteiger partial charge in [0.1, 0.15) is 0 Å². The summed E-state index contributed by atoms with van der Waals surface area (Å²) in [6.45, 7) is 13.5. The first-order valence-electron chi connectivity index (χ1n) is 11.6. The van der Waals surface area contributed by atoms with E-state index in [4.69, 9.17) is 4.52 Å². The molecule has 7 heteroatoms. The second-order valence-corrected chi connectivity index (χ2v) is 9.00. The second kappa shape index (κ2) is 9.85. The van der Waals surface area contributed by atoms with E-state index in [9.17, 15) is 4.79 Å². The van der Waals surface area contributed by atoms with Crippen LogP contribution < -0.4 is 5.32 Å². The Hall–Kier alpha value is -3.03. The van der Waals surface area contributed by atoms with Gasteiger partial charge >= 0.3 is 0 Å². The zero-order valence-corrected chi connectivity index (χ0v) is 20.1. The van der Waals surface area contributed by atoms with E-state index < -0.39 is 0 Å². The summed E-state index contributed by atoms with van der Waals surface area (Å²) in [5.41, 5.74) is 5.24. The summed E-state index contributed by atoms with van der Waals surface area (Å²) in [5, 5.41) is 7.31. The van der Waals surface area contributed by atoms with Gasteiger partial charge in [0.25, 0.3) is 0 Å². The number of aromatic nitrogens is 2. The number of amides is 1. The lowest BCUT2D eigenvalue weighted by molar-refractivity contribution is -0.121. The summed E-state index contributed by atoms with van der Waals surface area (Å²) in [6, 6.07) is 14.0. The Bertz CT molecular complexity index is 1080. The highest BCUT2D eigenvalue weighted by atomic mass is 16.5. The minimum absolute atomic E-state index is 0.0256. The number of nitrogens with zero attached hydrogens (tertiary/aromatic N) is 4. The van der Waals surface area contributed by atoms with Gasteiger partial charge in [0.15, 0.2) is 0 Å². The van der Waals surface area contributed by atoms with E-state index in [1.807, 2.05) is 63.2 Å². The largest absolute Gasteiger partial charge is 0.337 e. The molecule has 1 saturated heterocycles. The number of hydrogen-bond acceptors (Lipinski definition) is 6. The molecule has 7 nitrogen and oxygen atoms in total. The summed E-state index contributed by atoms with van der Waals surface area (Å²) in [6.07, 6.45) is 0. The summed E-state index contributed by atoms with van der Waals surface area (Å²) in [7, 11) is 0. The molecule has 2 heterocycles. The fourth-order valence-electron chi connectivity index (χ4n) is 4.30. The molecule has 0 radical (unpaired) electrons. The normalized spacial score (nSPS) is 17.0. The fraction of sp³-hybridized carbons (Fsp3) is 0.423. The standard InChI is InChI=1S/C26H33N5O2/c1-17-9-11-22(12-10-17)24-28-26(33-29-24)21(5)31-15-13-30(14-16-31)20(4)25(32)27-23-18(2)7-6-8-19(23)3/h6-12,20-21H,13-16H2,1-5H3,(H,27,32). The molecule has 1 aromatic heterocycles. The quantitative estimate of drug-likeness (QED) is 0.605. The van der Waals surface area contributed by atoms with Gasteiger partial charge in [-0.3, -0.25) is 14.6 Å². The minimum atomic E-state index is -0.196. The molecule has 0 spiro atoms. The number of nitrogens with one attached hydrogen (secondary N) is 1. The van der Waals surface area contributed by atoms with Crippen LogP contribution in [0.5, 0.6) is 0 Å². The Morgan fingerprint density at radius 1 is 0.939 bits per heavy atom. The van der Waals surface area contributed by atoms with Crippen LogP contribution in [0.4, 0.5) is 5.69 Å². The molecule has 0 bridgehead atoms. The van der Waals surface area contributed by atoms with Crippen LogP contribution in [0.2, 0.25) is 0 Å². The Labute approximate surface area is 195 Å². The van der Waals surface area contributed by atoms with E-state index in [2.05, 4.69) is 39.1 Å². The van der Waals surface area contributed by atoms with Gasteiger partial charge in [-0.05, 0) is 45.7 Å². The molecule has 0 saturated carbocycles. The molecular formula is C26H33N5O2. The predicted octanol–water partition coefficient (Wildman–Crippen LogP) is 4.37. The topological polar surface area (TPSA) is 74.5 Å². The fourth-order valence-corrected chi connectivity index (χ4v) is 4.30. The zero-order valence-electron chi connectivity index (χ0n) is 20.1. The average Bonchev–Trinajstić information content (AvgIpc) is 3.31. The van der Waals surface area contributed by atoms with Crippen LogP contribution >= 0.6 is 0 Å². The van der Waals surface area contributed by atoms with Gasteiger partial charge in [-0.15, -0.1) is 0 Å². The first-order chi connectivity index (χ1) is 15.8. The second-order valence-electron chi connectivity index (χ2n) is 9.00. The zero-order chi connectivity index (χ0) is 23.5. The number of para-hydroxylation sites is 1. The van der Waals surface area contributed by atoms with Crippen molar-refractivity contribution in [1.82, 2.24) is 19.9 Å². The lowest BCUT2D eigenvalue weighted by Gasteiger charge is -2.39. The smallest absolute Gasteiger partial charge is 0.244 e. The summed E-state index contributed by atoms with van der Waals surface area (Å²) in [4.78, 5) is 22.1. The molecule has 2 atom stereocenters. The van der Waals surface area contributed by atoms with Gasteiger partial charge in [0.2, 0.25) is 17.6 Å². The van der Waals surface area contributed by atoms with Crippen molar-refractivity contribution in [2.24, 2.45) is 0 Å². The lowest BCUT2D eigenvalue weighted by Crippen LogP contribution is -2.53. The molecule has 2 unspecified atom stereocenters. The third kappa shape index (κ3) is 5.15. The summed E-state index contributed by atoms with van der Waals surface area (Å²) < 4.78 is 5.59. The van der Waals surface area contributed by atoms with Crippen LogP contribution in [0.25, 0.3) is 11.4 Å². The van der Waals surface area contributed by atoms with Gasteiger partial charge < -0.3 is 9.84 Å². The van der Waals surface area contributed by atoms with E-state index in [1.165, 1.54) is 5.56 Å². The van der Waals surface area contributed by atoms with E-state index >= 15 is 0 Å². The summed E-state index contributed by atoms with van der Waals surface area (Å²) >= 11 is 0. The maximum atomic E-state index is 12.9. The number of benzene rings is 2. The number of piperazine rings is 1. The molecule has 2 aromatic carbocycles. The molecule has 1 fully saturated rings. The van der Waals surface area contributed by atoms with E-state index in [-0.39, 0.29) is 18.0 Å². The third-order valence-electron chi connectivity index (χ3n) is 6.66. The lowest BCUT2D eigenvalue weighted by atomic mass is 10.1. The molecular weight excluding hydrogens is 414 g/mol. The van der Waals surface area contributed by atoms with Crippen LogP contribution in [-0.2, 0) is 4.79 Å². The molecule has 1 amide bonds. The molecule has 33 heavy (non-hydrogen) atoms. The Morgan fingerprint density at radius 3 is 2.18 bits per heavy atom. The van der Waals surface area contributed by atoms with Crippen molar-refractivity contribution in [3.8, 4) is 11.4 Å². The van der Waals surface area contributed by atoms with Crippen LogP contribution in [-0.4, -0.2) is 58.1 Å². The Morgan fingerprint density at radius 2 is 1.55 bits per heavy atom. The van der Waals surface area contributed by atoms with Crippen LogP contribution in [0, 0.1) is 20.8 Å². The number of rotatable bonds is 6. The van der Waals surface area contributed by atoms with Crippen LogP contribution in [0.15, 0.2) is 47.0 Å². The maximum Gasteiger partial charge on any atom is 0.244 e. The number of anilines is 1. The molecule has 3 aromatic rings. The SMILES string of the molecule is Cc1ccc(-c2noc(C(C)N3CCN(C(C)C(=O)Nc4c(C)cccc4C)CC3)n2)cc1. The van der Waals surface area contributed by atoms with E-state index in [0.717, 1.165) is 48.6 Å². The molecule has 4 rings (SSSR count). The van der Waals surface area contributed by atoms with Crippen molar-refractivity contribution < 1.29 is 9.32 Å². The number of carbonyl (C=O) groups excluding carboxylic acids is 1. The molecule has 1 N–H and O–H groups in total. The highest BCUT2D eigenvalue weighted by Crippen LogP contribution is 2.25. The van der Waals surface area contributed by atoms with Crippen molar-refractivity contribution in [3.63, 3.8) is 0 Å². The van der Waals surface area contributed by atoms with Gasteiger partial charge in [0.05, 0.1) is 12.1 Å². The van der Waals surface area contributed by atoms with Gasteiger partial charge in [0, 0.05) is 37.4 Å². The van der Waals surface area contributed by atoms with Gasteiger partial charge in [-0.25, -0.2) is 0 Å². The number of carbonyl (C=O) groups is 1. The molecule has 1 aliphatic heterocycles. The summed E-state index contributed by atoms with van der Waals surface area (Å²) in [5.74, 6) is 1.28. The van der Waals surface area contributed by atoms with E-state index in [0.29, 0.717) is 11.7 Å². The van der Waals surface area contributed by atoms with Crippen molar-refractivity contribution in [3.05, 3.63) is 65.0 Å². The predicted molar refractivity (Wildman–Crippen MR) is 130 cm³/mol. The third-order valence-corrected chi connectivity index (χ3v) is 6.66. The number of hydrogen-bond donors (Lipinski definition) is 1. The average molecular weight is 448 g/mol. The number of aryl methyl sites for hydroxylation is 3. The molecule has 174 valence electrons. The van der Waals surface area contributed by atoms with Crippen molar-refractivity contribution >= 4 is 11.6 Å². The maximum absolute atomic E-state index is 12.9. The first-order valence-corrected chi connectivity index (χ1v) is 11.6. The minimum Gasteiger partial charge on any atom is -0.337 e. The Kier molecular flexibility index (Phi) is 6.91. The van der Waals surface area contributed by atoms with Crippen molar-refractivity contribution in [1.29, 1.82) is 0 Å². The van der Waals surface area contributed by atoms with Gasteiger partial charge in [-0.1, -0.05) is 53.2 Å². The highest BCUT2D eigenvalue weighted by molar-refractivity contribution is 5.95. The molecule has 1 aliphatic rings. The van der Waals surface area contributed by atoms with Crippen molar-refractivity contribution in [2.75, 3.05) is 31.5 Å². The van der Waals surface area contributed by atoms with Gasteiger partial charge in [-0.2, -0.15) is 4.98 Å². The first kappa shape index (κ1) is 23.1. The monoisotopic (exact) mass is 447 g/mol. The highest BCUT2D eigenvalue weighted by Gasteiger charge is 2.30. The van der Waals surface area contributed by atoms with E-state index in [1.54, 1.807) is 0 Å².